The van der Waals surface area contributed by atoms with Crippen molar-refractivity contribution < 1.29 is 10.2 Å². The molecule has 0 aromatic heterocycles. The van der Waals surface area contributed by atoms with Gasteiger partial charge in [-0.1, -0.05) is 13.8 Å². The molecule has 0 aromatic carbocycles. The molecule has 14 heavy (non-hydrogen) atoms. The molecule has 0 fully saturated rings. The molecule has 0 aliphatic carbocycles. The van der Waals surface area contributed by atoms with Crippen molar-refractivity contribution >= 4 is 0 Å². The first-order chi connectivity index (χ1) is 6.51. The molecule has 4 heteroatoms. The Morgan fingerprint density at radius 3 is 1.93 bits per heavy atom. The van der Waals surface area contributed by atoms with Crippen molar-refractivity contribution in [1.82, 2.24) is 9.80 Å². The lowest BCUT2D eigenvalue weighted by atomic mass is 10.3. The van der Waals surface area contributed by atoms with Gasteiger partial charge in [0.15, 0.2) is 0 Å². The molecule has 0 aliphatic heterocycles. The van der Waals surface area contributed by atoms with Crippen LogP contribution in [0.3, 0.4) is 0 Å². The largest absolute Gasteiger partial charge is 0.390 e. The zero-order valence-corrected chi connectivity index (χ0v) is 9.77. The summed E-state index contributed by atoms with van der Waals surface area (Å²) in [4.78, 5) is 3.90. The molecule has 0 saturated carbocycles. The van der Waals surface area contributed by atoms with Crippen molar-refractivity contribution in [2.45, 2.75) is 33.1 Å². The fourth-order valence-electron chi connectivity index (χ4n) is 1.32. The predicted octanol–water partition coefficient (Wildman–Crippen LogP) is -0.0408. The summed E-state index contributed by atoms with van der Waals surface area (Å²) in [5, 5.41) is 18.9. The normalized spacial score (nSPS) is 16.3. The molecule has 1 unspecified atom stereocenters. The van der Waals surface area contributed by atoms with Crippen molar-refractivity contribution in [2.24, 2.45) is 0 Å². The standard InChI is InChI=1S/C10H24N2O2/c1-5-12(6-2)8-10(14)7-11(4)9(3)13/h9-10,13-14H,5-8H2,1-4H3/t9?,10-/m0/s1. The summed E-state index contributed by atoms with van der Waals surface area (Å²) in [5.74, 6) is 0. The van der Waals surface area contributed by atoms with Gasteiger partial charge in [-0.2, -0.15) is 0 Å². The van der Waals surface area contributed by atoms with E-state index < -0.39 is 12.3 Å². The molecule has 2 atom stereocenters. The molecule has 0 rings (SSSR count). The molecule has 0 saturated heterocycles. The summed E-state index contributed by atoms with van der Waals surface area (Å²) < 4.78 is 0. The first kappa shape index (κ1) is 13.8. The number of hydrogen-bond donors (Lipinski definition) is 2. The van der Waals surface area contributed by atoms with E-state index in [-0.39, 0.29) is 0 Å². The van der Waals surface area contributed by atoms with Crippen LogP contribution in [-0.2, 0) is 0 Å². The van der Waals surface area contributed by atoms with Gasteiger partial charge in [0.2, 0.25) is 0 Å². The maximum Gasteiger partial charge on any atom is 0.104 e. The second-order valence-corrected chi connectivity index (χ2v) is 3.71. The lowest BCUT2D eigenvalue weighted by Gasteiger charge is -2.26. The zero-order chi connectivity index (χ0) is 11.1. The Morgan fingerprint density at radius 1 is 1.07 bits per heavy atom. The minimum atomic E-state index is -0.499. The molecule has 0 radical (unpaired) electrons. The number of aliphatic hydroxyl groups is 2. The highest BCUT2D eigenvalue weighted by Gasteiger charge is 2.13. The summed E-state index contributed by atoms with van der Waals surface area (Å²) in [7, 11) is 1.80. The minimum absolute atomic E-state index is 0.394. The van der Waals surface area contributed by atoms with Crippen LogP contribution >= 0.6 is 0 Å². The van der Waals surface area contributed by atoms with Crippen LogP contribution in [-0.4, -0.2) is 65.6 Å². The van der Waals surface area contributed by atoms with Crippen LogP contribution in [0.15, 0.2) is 0 Å². The highest BCUT2D eigenvalue weighted by Crippen LogP contribution is 1.97. The van der Waals surface area contributed by atoms with E-state index in [1.54, 1.807) is 18.9 Å². The van der Waals surface area contributed by atoms with Gasteiger partial charge in [-0.05, 0) is 27.1 Å². The summed E-state index contributed by atoms with van der Waals surface area (Å²) in [5.41, 5.74) is 0. The summed E-state index contributed by atoms with van der Waals surface area (Å²) >= 11 is 0. The van der Waals surface area contributed by atoms with Crippen LogP contribution in [0.1, 0.15) is 20.8 Å². The van der Waals surface area contributed by atoms with Gasteiger partial charge in [-0.25, -0.2) is 0 Å². The van der Waals surface area contributed by atoms with Gasteiger partial charge >= 0.3 is 0 Å². The van der Waals surface area contributed by atoms with Crippen molar-refractivity contribution in [1.29, 1.82) is 0 Å². The Labute approximate surface area is 87.1 Å². The van der Waals surface area contributed by atoms with Crippen LogP contribution in [0, 0.1) is 0 Å². The van der Waals surface area contributed by atoms with Gasteiger partial charge < -0.3 is 15.1 Å². The quantitative estimate of drug-likeness (QED) is 0.571. The maximum atomic E-state index is 9.71. The number of likely N-dealkylation sites (N-methyl/N-ethyl adjacent to an activating group) is 2. The van der Waals surface area contributed by atoms with Crippen molar-refractivity contribution in [3.8, 4) is 0 Å². The molecule has 0 bridgehead atoms. The van der Waals surface area contributed by atoms with Gasteiger partial charge in [0.05, 0.1) is 6.10 Å². The van der Waals surface area contributed by atoms with Crippen LogP contribution in [0.25, 0.3) is 0 Å². The predicted molar refractivity (Wildman–Crippen MR) is 58.1 cm³/mol. The lowest BCUT2D eigenvalue weighted by Crippen LogP contribution is -2.41. The summed E-state index contributed by atoms with van der Waals surface area (Å²) in [6.45, 7) is 8.93. The molecule has 0 amide bonds. The third-order valence-electron chi connectivity index (χ3n) is 2.50. The van der Waals surface area contributed by atoms with Crippen LogP contribution in [0.4, 0.5) is 0 Å². The van der Waals surface area contributed by atoms with E-state index in [9.17, 15) is 10.2 Å². The Kier molecular flexibility index (Phi) is 7.09. The first-order valence-electron chi connectivity index (χ1n) is 5.29. The Hall–Kier alpha value is -0.160. The Morgan fingerprint density at radius 2 is 1.57 bits per heavy atom. The highest BCUT2D eigenvalue weighted by atomic mass is 16.3. The highest BCUT2D eigenvalue weighted by molar-refractivity contribution is 4.66. The Bertz CT molecular complexity index is 134. The van der Waals surface area contributed by atoms with Gasteiger partial charge in [0.1, 0.15) is 6.23 Å². The third-order valence-corrected chi connectivity index (χ3v) is 2.50. The van der Waals surface area contributed by atoms with Gasteiger partial charge in [0, 0.05) is 13.1 Å². The average molecular weight is 204 g/mol. The number of hydrogen-bond acceptors (Lipinski definition) is 4. The topological polar surface area (TPSA) is 46.9 Å². The van der Waals surface area contributed by atoms with Crippen molar-refractivity contribution in [3.05, 3.63) is 0 Å². The molecular formula is C10H24N2O2. The fourth-order valence-corrected chi connectivity index (χ4v) is 1.32. The van der Waals surface area contributed by atoms with E-state index >= 15 is 0 Å². The summed E-state index contributed by atoms with van der Waals surface area (Å²) in [6.07, 6.45) is -0.893. The van der Waals surface area contributed by atoms with Crippen molar-refractivity contribution in [3.63, 3.8) is 0 Å². The second-order valence-electron chi connectivity index (χ2n) is 3.71. The number of aliphatic hydroxyl groups excluding tert-OH is 2. The monoisotopic (exact) mass is 204 g/mol. The molecular weight excluding hydrogens is 180 g/mol. The molecule has 86 valence electrons. The maximum absolute atomic E-state index is 9.71. The van der Waals surface area contributed by atoms with Crippen LogP contribution < -0.4 is 0 Å². The first-order valence-corrected chi connectivity index (χ1v) is 5.29. The molecule has 0 spiro atoms. The lowest BCUT2D eigenvalue weighted by molar-refractivity contribution is -0.00117. The molecule has 0 heterocycles. The van der Waals surface area contributed by atoms with E-state index in [4.69, 9.17) is 0 Å². The zero-order valence-electron chi connectivity index (χ0n) is 9.77. The Balaban J connectivity index is 3.78. The van der Waals surface area contributed by atoms with E-state index in [0.29, 0.717) is 13.1 Å². The van der Waals surface area contributed by atoms with E-state index in [2.05, 4.69) is 18.7 Å². The third kappa shape index (κ3) is 5.54. The van der Waals surface area contributed by atoms with Crippen LogP contribution in [0.2, 0.25) is 0 Å². The minimum Gasteiger partial charge on any atom is -0.390 e. The van der Waals surface area contributed by atoms with Crippen LogP contribution in [0.5, 0.6) is 0 Å². The van der Waals surface area contributed by atoms with Crippen molar-refractivity contribution in [2.75, 3.05) is 33.2 Å². The number of nitrogens with zero attached hydrogens (tertiary/aromatic N) is 2. The number of rotatable bonds is 7. The molecule has 2 N–H and O–H groups in total. The van der Waals surface area contributed by atoms with E-state index in [0.717, 1.165) is 13.1 Å². The van der Waals surface area contributed by atoms with Gasteiger partial charge in [0.25, 0.3) is 0 Å². The molecule has 0 aliphatic rings. The fraction of sp³-hybridized carbons (Fsp3) is 1.00. The van der Waals surface area contributed by atoms with Gasteiger partial charge in [-0.15, -0.1) is 0 Å². The second kappa shape index (κ2) is 7.17. The molecule has 0 aromatic rings. The molecule has 4 nitrogen and oxygen atoms in total. The smallest absolute Gasteiger partial charge is 0.104 e. The van der Waals surface area contributed by atoms with E-state index in [1.807, 2.05) is 0 Å². The van der Waals surface area contributed by atoms with E-state index in [1.165, 1.54) is 0 Å². The average Bonchev–Trinajstić information content (AvgIpc) is 2.13. The summed E-state index contributed by atoms with van der Waals surface area (Å²) in [6, 6.07) is 0. The van der Waals surface area contributed by atoms with Gasteiger partial charge in [-0.3, -0.25) is 4.90 Å². The SMILES string of the molecule is CCN(CC)C[C@@H](O)CN(C)C(C)O.